The molecule has 2 fully saturated rings. The first-order valence-corrected chi connectivity index (χ1v) is 6.92. The van der Waals surface area contributed by atoms with Crippen LogP contribution in [0.15, 0.2) is 11.8 Å². The number of fused-ring (bicyclic) bond motifs is 2. The van der Waals surface area contributed by atoms with Crippen molar-refractivity contribution in [3.05, 3.63) is 11.8 Å². The molecule has 0 heterocycles. The van der Waals surface area contributed by atoms with Gasteiger partial charge in [-0.25, -0.2) is 4.79 Å². The molecule has 2 saturated carbocycles. The fourth-order valence-electron chi connectivity index (χ4n) is 3.74. The fourth-order valence-corrected chi connectivity index (χ4v) is 3.74. The normalized spacial score (nSPS) is 38.9. The van der Waals surface area contributed by atoms with Gasteiger partial charge in [0, 0.05) is 0 Å². The van der Waals surface area contributed by atoms with Gasteiger partial charge in [0.2, 0.25) is 0 Å². The molecule has 0 aliphatic heterocycles. The van der Waals surface area contributed by atoms with E-state index in [1.165, 1.54) is 18.9 Å². The summed E-state index contributed by atoms with van der Waals surface area (Å²) in [6.07, 6.45) is 3.98. The highest BCUT2D eigenvalue weighted by Crippen LogP contribution is 2.54. The molecule has 0 aromatic rings. The van der Waals surface area contributed by atoms with Crippen molar-refractivity contribution in [2.24, 2.45) is 29.6 Å². The van der Waals surface area contributed by atoms with Gasteiger partial charge in [-0.15, -0.1) is 0 Å². The summed E-state index contributed by atoms with van der Waals surface area (Å²) in [5, 5.41) is 0. The Hall–Kier alpha value is -0.990. The van der Waals surface area contributed by atoms with Crippen LogP contribution >= 0.6 is 0 Å². The Bertz CT molecular complexity index is 346. The zero-order valence-electron chi connectivity index (χ0n) is 11.8. The van der Waals surface area contributed by atoms with Gasteiger partial charge in [0.1, 0.15) is 0 Å². The first kappa shape index (κ1) is 13.4. The number of methoxy groups -OCH3 is 1. The van der Waals surface area contributed by atoms with Gasteiger partial charge in [-0.1, -0.05) is 13.8 Å². The van der Waals surface area contributed by atoms with Gasteiger partial charge in [-0.2, -0.15) is 0 Å². The van der Waals surface area contributed by atoms with E-state index in [9.17, 15) is 4.79 Å². The molecule has 0 N–H and O–H groups in total. The van der Waals surface area contributed by atoms with Gasteiger partial charge in [-0.05, 0) is 49.4 Å². The molecule has 2 rings (SSSR count). The van der Waals surface area contributed by atoms with Crippen LogP contribution in [0.1, 0.15) is 33.6 Å². The number of hydrogen-bond donors (Lipinski definition) is 0. The summed E-state index contributed by atoms with van der Waals surface area (Å²) in [7, 11) is 1.55. The summed E-state index contributed by atoms with van der Waals surface area (Å²) < 4.78 is 10.3. The minimum absolute atomic E-state index is 0.280. The van der Waals surface area contributed by atoms with Crippen molar-refractivity contribution in [2.45, 2.75) is 33.6 Å². The Kier molecular flexibility index (Phi) is 3.98. The van der Waals surface area contributed by atoms with Crippen LogP contribution < -0.4 is 0 Å². The predicted molar refractivity (Wildman–Crippen MR) is 69.8 cm³/mol. The maximum atomic E-state index is 11.5. The molecule has 3 heteroatoms. The van der Waals surface area contributed by atoms with Crippen molar-refractivity contribution in [2.75, 3.05) is 13.7 Å². The highest BCUT2D eigenvalue weighted by Gasteiger charge is 2.48. The van der Waals surface area contributed by atoms with Crippen LogP contribution in [0.25, 0.3) is 0 Å². The largest absolute Gasteiger partial charge is 0.501 e. The highest BCUT2D eigenvalue weighted by atomic mass is 16.5. The second-order valence-electron chi connectivity index (χ2n) is 5.96. The maximum absolute atomic E-state index is 11.5. The summed E-state index contributed by atoms with van der Waals surface area (Å²) in [4.78, 5) is 11.5. The number of carbonyl (C=O) groups is 1. The van der Waals surface area contributed by atoms with Crippen LogP contribution in [0.2, 0.25) is 0 Å². The van der Waals surface area contributed by atoms with E-state index in [1.807, 2.05) is 0 Å². The molecule has 5 atom stereocenters. The second kappa shape index (κ2) is 5.33. The highest BCUT2D eigenvalue weighted by molar-refractivity contribution is 5.82. The predicted octanol–water partition coefficient (Wildman–Crippen LogP) is 3.01. The smallest absolute Gasteiger partial charge is 0.334 e. The lowest BCUT2D eigenvalue weighted by Crippen LogP contribution is -2.28. The van der Waals surface area contributed by atoms with Crippen LogP contribution in [-0.2, 0) is 14.3 Å². The Morgan fingerprint density at radius 3 is 2.56 bits per heavy atom. The molecule has 5 unspecified atom stereocenters. The topological polar surface area (TPSA) is 35.5 Å². The SMILES string of the molecule is CO/C(C)=C\C(=O)OCC1CC2CC1C(C)C2C. The summed E-state index contributed by atoms with van der Waals surface area (Å²) in [5.74, 6) is 4.12. The third-order valence-electron chi connectivity index (χ3n) is 5.12. The molecule has 2 bridgehead atoms. The molecule has 102 valence electrons. The number of ether oxygens (including phenoxy) is 2. The zero-order valence-corrected chi connectivity index (χ0v) is 11.8. The van der Waals surface area contributed by atoms with Gasteiger partial charge in [0.25, 0.3) is 0 Å². The van der Waals surface area contributed by atoms with E-state index in [-0.39, 0.29) is 5.97 Å². The average Bonchev–Trinajstić information content (AvgIpc) is 2.88. The first-order valence-electron chi connectivity index (χ1n) is 6.92. The Morgan fingerprint density at radius 2 is 2.00 bits per heavy atom. The van der Waals surface area contributed by atoms with E-state index in [0.29, 0.717) is 18.3 Å². The zero-order chi connectivity index (χ0) is 13.3. The third-order valence-corrected chi connectivity index (χ3v) is 5.12. The molecule has 2 aliphatic rings. The van der Waals surface area contributed by atoms with E-state index < -0.39 is 0 Å². The lowest BCUT2D eigenvalue weighted by atomic mass is 9.76. The monoisotopic (exact) mass is 252 g/mol. The molecule has 0 aromatic carbocycles. The number of hydrogen-bond acceptors (Lipinski definition) is 3. The van der Waals surface area contributed by atoms with Crippen molar-refractivity contribution in [3.63, 3.8) is 0 Å². The van der Waals surface area contributed by atoms with Gasteiger partial charge >= 0.3 is 5.97 Å². The van der Waals surface area contributed by atoms with E-state index in [2.05, 4.69) is 13.8 Å². The Balaban J connectivity index is 1.81. The molecule has 3 nitrogen and oxygen atoms in total. The van der Waals surface area contributed by atoms with Crippen molar-refractivity contribution in [3.8, 4) is 0 Å². The Labute approximate surface area is 110 Å². The van der Waals surface area contributed by atoms with Crippen LogP contribution in [0.5, 0.6) is 0 Å². The Morgan fingerprint density at radius 1 is 1.28 bits per heavy atom. The lowest BCUT2D eigenvalue weighted by molar-refractivity contribution is -0.140. The van der Waals surface area contributed by atoms with E-state index in [1.54, 1.807) is 14.0 Å². The molecule has 0 aromatic heterocycles. The standard InChI is InChI=1S/C15H24O3/c1-9(17-4)5-15(16)18-8-13-6-12-7-14(13)11(3)10(12)2/h5,10-14H,6-8H2,1-4H3/b9-5-. The minimum atomic E-state index is -0.280. The minimum Gasteiger partial charge on any atom is -0.501 e. The number of allylic oxidation sites excluding steroid dienone is 1. The molecule has 18 heavy (non-hydrogen) atoms. The molecule has 2 aliphatic carbocycles. The van der Waals surface area contributed by atoms with Crippen molar-refractivity contribution in [1.29, 1.82) is 0 Å². The molecule has 0 radical (unpaired) electrons. The molecule has 0 spiro atoms. The van der Waals surface area contributed by atoms with Gasteiger partial charge in [-0.3, -0.25) is 0 Å². The summed E-state index contributed by atoms with van der Waals surface area (Å²) >= 11 is 0. The van der Waals surface area contributed by atoms with Crippen LogP contribution in [-0.4, -0.2) is 19.7 Å². The van der Waals surface area contributed by atoms with Crippen molar-refractivity contribution in [1.82, 2.24) is 0 Å². The van der Waals surface area contributed by atoms with Gasteiger partial charge in [0.15, 0.2) is 0 Å². The van der Waals surface area contributed by atoms with Crippen LogP contribution in [0.3, 0.4) is 0 Å². The van der Waals surface area contributed by atoms with E-state index >= 15 is 0 Å². The van der Waals surface area contributed by atoms with Crippen LogP contribution in [0, 0.1) is 29.6 Å². The average molecular weight is 252 g/mol. The van der Waals surface area contributed by atoms with E-state index in [0.717, 1.165) is 23.7 Å². The van der Waals surface area contributed by atoms with Crippen LogP contribution in [0.4, 0.5) is 0 Å². The quantitative estimate of drug-likeness (QED) is 0.438. The molecule has 0 saturated heterocycles. The number of carbonyl (C=O) groups excluding carboxylic acids is 1. The number of esters is 1. The fraction of sp³-hybridized carbons (Fsp3) is 0.800. The van der Waals surface area contributed by atoms with Crippen molar-refractivity contribution < 1.29 is 14.3 Å². The number of rotatable bonds is 4. The van der Waals surface area contributed by atoms with Gasteiger partial charge in [0.05, 0.1) is 25.6 Å². The summed E-state index contributed by atoms with van der Waals surface area (Å²) in [5.41, 5.74) is 0. The molecular formula is C15H24O3. The summed E-state index contributed by atoms with van der Waals surface area (Å²) in [6.45, 7) is 7.04. The maximum Gasteiger partial charge on any atom is 0.334 e. The first-order chi connectivity index (χ1) is 8.52. The van der Waals surface area contributed by atoms with Crippen molar-refractivity contribution >= 4 is 5.97 Å². The second-order valence-corrected chi connectivity index (χ2v) is 5.96. The molecular weight excluding hydrogens is 228 g/mol. The third kappa shape index (κ3) is 2.55. The van der Waals surface area contributed by atoms with E-state index in [4.69, 9.17) is 9.47 Å². The summed E-state index contributed by atoms with van der Waals surface area (Å²) in [6, 6.07) is 0. The van der Waals surface area contributed by atoms with Gasteiger partial charge < -0.3 is 9.47 Å². The molecule has 0 amide bonds. The lowest BCUT2D eigenvalue weighted by Gasteiger charge is -2.31.